The zero-order valence-electron chi connectivity index (χ0n) is 9.10. The molecule has 0 spiro atoms. The summed E-state index contributed by atoms with van der Waals surface area (Å²) >= 11 is 1.91. The van der Waals surface area contributed by atoms with Crippen molar-refractivity contribution < 1.29 is 0 Å². The fourth-order valence-corrected chi connectivity index (χ4v) is 3.19. The quantitative estimate of drug-likeness (QED) is 0.804. The van der Waals surface area contributed by atoms with E-state index in [9.17, 15) is 0 Å². The van der Waals surface area contributed by atoms with Crippen molar-refractivity contribution in [3.8, 4) is 0 Å². The fraction of sp³-hybridized carbons (Fsp3) is 0.667. The Morgan fingerprint density at radius 2 is 2.07 bits per heavy atom. The van der Waals surface area contributed by atoms with E-state index in [2.05, 4.69) is 25.2 Å². The number of thiophene rings is 1. The van der Waals surface area contributed by atoms with Crippen LogP contribution in [0.4, 0.5) is 0 Å². The molecule has 1 N–H and O–H groups in total. The molecular weight excluding hydrogens is 190 g/mol. The molecule has 1 aromatic heterocycles. The fourth-order valence-electron chi connectivity index (χ4n) is 2.24. The molecule has 2 rings (SSSR count). The van der Waals surface area contributed by atoms with Crippen LogP contribution in [0.15, 0.2) is 6.07 Å². The van der Waals surface area contributed by atoms with Crippen LogP contribution in [0, 0.1) is 13.8 Å². The first-order valence-electron chi connectivity index (χ1n) is 5.55. The number of hydrogen-bond donors (Lipinski definition) is 1. The number of aryl methyl sites for hydroxylation is 2. The van der Waals surface area contributed by atoms with Gasteiger partial charge in [-0.3, -0.25) is 0 Å². The summed E-state index contributed by atoms with van der Waals surface area (Å²) in [6, 6.07) is 3.11. The van der Waals surface area contributed by atoms with Gasteiger partial charge in [-0.25, -0.2) is 0 Å². The standard InChI is InChI=1S/C12H19NS/c1-9-7-11(10(2)14-9)8-13-12-5-3-4-6-12/h7,12-13H,3-6,8H2,1-2H3. The zero-order valence-corrected chi connectivity index (χ0v) is 9.91. The van der Waals surface area contributed by atoms with Gasteiger partial charge >= 0.3 is 0 Å². The van der Waals surface area contributed by atoms with Gasteiger partial charge in [0.05, 0.1) is 0 Å². The van der Waals surface area contributed by atoms with Gasteiger partial charge in [-0.05, 0) is 38.3 Å². The lowest BCUT2D eigenvalue weighted by Gasteiger charge is -2.11. The summed E-state index contributed by atoms with van der Waals surface area (Å²) in [5.41, 5.74) is 1.50. The summed E-state index contributed by atoms with van der Waals surface area (Å²) in [6.07, 6.45) is 5.59. The van der Waals surface area contributed by atoms with Crippen LogP contribution in [-0.4, -0.2) is 6.04 Å². The number of rotatable bonds is 3. The Balaban J connectivity index is 1.87. The summed E-state index contributed by atoms with van der Waals surface area (Å²) in [5, 5.41) is 3.66. The zero-order chi connectivity index (χ0) is 9.97. The van der Waals surface area contributed by atoms with Crippen LogP contribution in [-0.2, 0) is 6.54 Å². The predicted molar refractivity (Wildman–Crippen MR) is 62.9 cm³/mol. The van der Waals surface area contributed by atoms with E-state index in [1.165, 1.54) is 41.0 Å². The van der Waals surface area contributed by atoms with Gasteiger partial charge in [0.15, 0.2) is 0 Å². The molecule has 0 unspecified atom stereocenters. The largest absolute Gasteiger partial charge is 0.310 e. The Morgan fingerprint density at radius 3 is 2.64 bits per heavy atom. The molecule has 1 fully saturated rings. The summed E-state index contributed by atoms with van der Waals surface area (Å²) < 4.78 is 0. The molecular formula is C12H19NS. The number of hydrogen-bond acceptors (Lipinski definition) is 2. The molecule has 1 aliphatic rings. The van der Waals surface area contributed by atoms with Gasteiger partial charge in [-0.2, -0.15) is 0 Å². The van der Waals surface area contributed by atoms with E-state index >= 15 is 0 Å². The Bertz CT molecular complexity index is 297. The van der Waals surface area contributed by atoms with Gasteiger partial charge in [-0.15, -0.1) is 11.3 Å². The third kappa shape index (κ3) is 2.37. The first-order valence-corrected chi connectivity index (χ1v) is 6.36. The topological polar surface area (TPSA) is 12.0 Å². The van der Waals surface area contributed by atoms with Gasteiger partial charge in [-0.1, -0.05) is 12.8 Å². The average Bonchev–Trinajstić information content (AvgIpc) is 2.72. The third-order valence-corrected chi connectivity index (χ3v) is 4.09. The van der Waals surface area contributed by atoms with Crippen LogP contribution in [0.25, 0.3) is 0 Å². The van der Waals surface area contributed by atoms with Crippen LogP contribution >= 0.6 is 11.3 Å². The van der Waals surface area contributed by atoms with E-state index in [0.717, 1.165) is 12.6 Å². The molecule has 1 saturated carbocycles. The molecule has 1 nitrogen and oxygen atoms in total. The Kier molecular flexibility index (Phi) is 3.24. The van der Waals surface area contributed by atoms with Crippen molar-refractivity contribution in [2.75, 3.05) is 0 Å². The highest BCUT2D eigenvalue weighted by molar-refractivity contribution is 7.12. The smallest absolute Gasteiger partial charge is 0.0219 e. The minimum atomic E-state index is 0.787. The molecule has 0 saturated heterocycles. The van der Waals surface area contributed by atoms with Gasteiger partial charge < -0.3 is 5.32 Å². The summed E-state index contributed by atoms with van der Waals surface area (Å²) in [5.74, 6) is 0. The van der Waals surface area contributed by atoms with E-state index in [1.807, 2.05) is 11.3 Å². The van der Waals surface area contributed by atoms with Gasteiger partial charge in [0.25, 0.3) is 0 Å². The molecule has 1 aromatic rings. The highest BCUT2D eigenvalue weighted by atomic mass is 32.1. The average molecular weight is 209 g/mol. The third-order valence-electron chi connectivity index (χ3n) is 3.08. The van der Waals surface area contributed by atoms with Crippen molar-refractivity contribution in [3.05, 3.63) is 21.4 Å². The second-order valence-electron chi connectivity index (χ2n) is 4.30. The maximum atomic E-state index is 3.66. The van der Waals surface area contributed by atoms with Crippen LogP contribution in [0.2, 0.25) is 0 Å². The SMILES string of the molecule is Cc1cc(CNC2CCCC2)c(C)s1. The van der Waals surface area contributed by atoms with Crippen molar-refractivity contribution in [2.24, 2.45) is 0 Å². The van der Waals surface area contributed by atoms with Gasteiger partial charge in [0.2, 0.25) is 0 Å². The van der Waals surface area contributed by atoms with Crippen LogP contribution < -0.4 is 5.32 Å². The minimum absolute atomic E-state index is 0.787. The van der Waals surface area contributed by atoms with E-state index in [-0.39, 0.29) is 0 Å². The Morgan fingerprint density at radius 1 is 1.36 bits per heavy atom. The van der Waals surface area contributed by atoms with Crippen molar-refractivity contribution in [1.29, 1.82) is 0 Å². The second-order valence-corrected chi connectivity index (χ2v) is 5.76. The lowest BCUT2D eigenvalue weighted by molar-refractivity contribution is 0.524. The molecule has 0 radical (unpaired) electrons. The molecule has 1 heterocycles. The van der Waals surface area contributed by atoms with Gasteiger partial charge in [0, 0.05) is 22.3 Å². The van der Waals surface area contributed by atoms with E-state index in [4.69, 9.17) is 0 Å². The highest BCUT2D eigenvalue weighted by Crippen LogP contribution is 2.22. The highest BCUT2D eigenvalue weighted by Gasteiger charge is 2.14. The monoisotopic (exact) mass is 209 g/mol. The first-order chi connectivity index (χ1) is 6.75. The minimum Gasteiger partial charge on any atom is -0.310 e. The molecule has 0 aromatic carbocycles. The van der Waals surface area contributed by atoms with Crippen molar-refractivity contribution >= 4 is 11.3 Å². The molecule has 1 aliphatic carbocycles. The maximum absolute atomic E-state index is 3.66. The lowest BCUT2D eigenvalue weighted by Crippen LogP contribution is -2.25. The van der Waals surface area contributed by atoms with Crippen LogP contribution in [0.3, 0.4) is 0 Å². The Hall–Kier alpha value is -0.340. The molecule has 0 bridgehead atoms. The molecule has 78 valence electrons. The number of nitrogens with one attached hydrogen (secondary N) is 1. The molecule has 0 amide bonds. The molecule has 14 heavy (non-hydrogen) atoms. The van der Waals surface area contributed by atoms with E-state index in [1.54, 1.807) is 0 Å². The van der Waals surface area contributed by atoms with Crippen LogP contribution in [0.1, 0.15) is 41.0 Å². The van der Waals surface area contributed by atoms with E-state index < -0.39 is 0 Å². The summed E-state index contributed by atoms with van der Waals surface area (Å²) in [7, 11) is 0. The normalized spacial score (nSPS) is 17.9. The lowest BCUT2D eigenvalue weighted by atomic mass is 10.2. The van der Waals surface area contributed by atoms with Crippen LogP contribution in [0.5, 0.6) is 0 Å². The second kappa shape index (κ2) is 4.45. The van der Waals surface area contributed by atoms with E-state index in [0.29, 0.717) is 0 Å². The van der Waals surface area contributed by atoms with Crippen molar-refractivity contribution in [3.63, 3.8) is 0 Å². The maximum Gasteiger partial charge on any atom is 0.0219 e. The molecule has 0 aliphatic heterocycles. The van der Waals surface area contributed by atoms with Crippen molar-refractivity contribution in [2.45, 2.75) is 52.1 Å². The van der Waals surface area contributed by atoms with Crippen molar-refractivity contribution in [1.82, 2.24) is 5.32 Å². The summed E-state index contributed by atoms with van der Waals surface area (Å²) in [6.45, 7) is 5.49. The molecule has 2 heteroatoms. The Labute approximate surface area is 90.5 Å². The molecule has 0 atom stereocenters. The summed E-state index contributed by atoms with van der Waals surface area (Å²) in [4.78, 5) is 2.92. The first kappa shape index (κ1) is 10.2. The predicted octanol–water partition coefficient (Wildman–Crippen LogP) is 3.40. The van der Waals surface area contributed by atoms with Gasteiger partial charge in [0.1, 0.15) is 0 Å².